The zero-order valence-corrected chi connectivity index (χ0v) is 18.1. The minimum Gasteiger partial charge on any atom is -0.457 e. The van der Waals surface area contributed by atoms with E-state index in [1.807, 2.05) is 48.5 Å². The summed E-state index contributed by atoms with van der Waals surface area (Å²) in [5.41, 5.74) is 1.68. The van der Waals surface area contributed by atoms with Gasteiger partial charge in [-0.25, -0.2) is 9.78 Å². The number of carbonyl (C=O) groups is 3. The average Bonchev–Trinajstić information content (AvgIpc) is 3.37. The maximum atomic E-state index is 13.0. The number of aromatic nitrogens is 1. The highest BCUT2D eigenvalue weighted by molar-refractivity contribution is 7.22. The van der Waals surface area contributed by atoms with Gasteiger partial charge in [-0.3, -0.25) is 19.8 Å². The van der Waals surface area contributed by atoms with Crippen molar-refractivity contribution in [2.75, 3.05) is 11.9 Å². The highest BCUT2D eigenvalue weighted by atomic mass is 32.1. The summed E-state index contributed by atoms with van der Waals surface area (Å²) in [5, 5.41) is 5.75. The van der Waals surface area contributed by atoms with E-state index in [0.717, 1.165) is 20.9 Å². The van der Waals surface area contributed by atoms with Gasteiger partial charge in [0.2, 0.25) is 5.91 Å². The maximum absolute atomic E-state index is 13.0. The molecule has 1 aliphatic heterocycles. The van der Waals surface area contributed by atoms with Gasteiger partial charge in [-0.05, 0) is 35.9 Å². The molecule has 0 aliphatic carbocycles. The van der Waals surface area contributed by atoms with Crippen molar-refractivity contribution in [3.63, 3.8) is 0 Å². The van der Waals surface area contributed by atoms with Crippen LogP contribution in [0, 0.1) is 0 Å². The van der Waals surface area contributed by atoms with Crippen molar-refractivity contribution >= 4 is 44.5 Å². The van der Waals surface area contributed by atoms with E-state index >= 15 is 0 Å². The lowest BCUT2D eigenvalue weighted by Gasteiger charge is -2.15. The van der Waals surface area contributed by atoms with Crippen LogP contribution in [-0.4, -0.2) is 34.3 Å². The van der Waals surface area contributed by atoms with E-state index in [2.05, 4.69) is 15.6 Å². The first-order valence-electron chi connectivity index (χ1n) is 10.2. The van der Waals surface area contributed by atoms with Crippen molar-refractivity contribution in [2.24, 2.45) is 0 Å². The Morgan fingerprint density at radius 2 is 1.82 bits per heavy atom. The van der Waals surface area contributed by atoms with E-state index in [4.69, 9.17) is 4.74 Å². The molecule has 1 aromatic heterocycles. The second-order valence-corrected chi connectivity index (χ2v) is 8.34. The zero-order chi connectivity index (χ0) is 22.8. The van der Waals surface area contributed by atoms with E-state index in [1.54, 1.807) is 24.3 Å². The van der Waals surface area contributed by atoms with Gasteiger partial charge >= 0.3 is 6.03 Å². The monoisotopic (exact) mass is 458 g/mol. The number of anilines is 1. The molecular formula is C24H18N4O4S. The minimum absolute atomic E-state index is 0.0221. The molecule has 4 aromatic rings. The summed E-state index contributed by atoms with van der Waals surface area (Å²) in [4.78, 5) is 42.4. The molecule has 164 valence electrons. The summed E-state index contributed by atoms with van der Waals surface area (Å²) >= 11 is 1.33. The Labute approximate surface area is 192 Å². The molecule has 0 unspecified atom stereocenters. The second-order valence-electron chi connectivity index (χ2n) is 7.31. The Morgan fingerprint density at radius 1 is 1.03 bits per heavy atom. The van der Waals surface area contributed by atoms with Crippen molar-refractivity contribution in [3.05, 3.63) is 83.9 Å². The van der Waals surface area contributed by atoms with E-state index in [0.29, 0.717) is 22.0 Å². The first kappa shape index (κ1) is 20.7. The summed E-state index contributed by atoms with van der Waals surface area (Å²) in [7, 11) is 0. The molecule has 5 rings (SSSR count). The third-order valence-corrected chi connectivity index (χ3v) is 6.02. The molecule has 33 heavy (non-hydrogen) atoms. The number of rotatable bonds is 6. The van der Waals surface area contributed by atoms with E-state index < -0.39 is 6.03 Å². The van der Waals surface area contributed by atoms with Gasteiger partial charge in [0.15, 0.2) is 5.13 Å². The zero-order valence-electron chi connectivity index (χ0n) is 17.3. The molecule has 0 bridgehead atoms. The van der Waals surface area contributed by atoms with Gasteiger partial charge in [0.25, 0.3) is 5.91 Å². The van der Waals surface area contributed by atoms with Gasteiger partial charge in [0.05, 0.1) is 23.3 Å². The topological polar surface area (TPSA) is 101 Å². The summed E-state index contributed by atoms with van der Waals surface area (Å²) in [6.45, 7) is -0.0107. The lowest BCUT2D eigenvalue weighted by atomic mass is 10.1. The summed E-state index contributed by atoms with van der Waals surface area (Å²) in [6.07, 6.45) is 0. The van der Waals surface area contributed by atoms with Crippen LogP contribution in [0.15, 0.2) is 72.8 Å². The van der Waals surface area contributed by atoms with Crippen molar-refractivity contribution in [1.29, 1.82) is 0 Å². The highest BCUT2D eigenvalue weighted by Gasteiger charge is 2.29. The summed E-state index contributed by atoms with van der Waals surface area (Å²) in [5.74, 6) is 0.721. The molecule has 0 radical (unpaired) electrons. The third-order valence-electron chi connectivity index (χ3n) is 5.09. The van der Waals surface area contributed by atoms with Crippen molar-refractivity contribution in [1.82, 2.24) is 15.2 Å². The predicted molar refractivity (Wildman–Crippen MR) is 124 cm³/mol. The van der Waals surface area contributed by atoms with Crippen LogP contribution < -0.4 is 15.4 Å². The third kappa shape index (κ3) is 4.39. The number of nitrogens with one attached hydrogen (secondary N) is 2. The van der Waals surface area contributed by atoms with Gasteiger partial charge in [-0.1, -0.05) is 47.7 Å². The van der Waals surface area contributed by atoms with Gasteiger partial charge in [0.1, 0.15) is 11.5 Å². The van der Waals surface area contributed by atoms with Crippen LogP contribution in [0.4, 0.5) is 9.93 Å². The van der Waals surface area contributed by atoms with Gasteiger partial charge in [-0.15, -0.1) is 0 Å². The number of benzene rings is 3. The SMILES string of the molecule is O=C(Nc1nc2ccc(Oc3ccccc3)cc2s1)c1ccccc1CN1C(=O)CNC1=O. The van der Waals surface area contributed by atoms with Crippen LogP contribution >= 0.6 is 11.3 Å². The molecule has 3 aromatic carbocycles. The predicted octanol–water partition coefficient (Wildman–Crippen LogP) is 4.39. The van der Waals surface area contributed by atoms with Crippen LogP contribution in [-0.2, 0) is 11.3 Å². The molecule has 2 N–H and O–H groups in total. The van der Waals surface area contributed by atoms with Crippen LogP contribution in [0.5, 0.6) is 11.5 Å². The molecule has 0 spiro atoms. The highest BCUT2D eigenvalue weighted by Crippen LogP contribution is 2.31. The van der Waals surface area contributed by atoms with E-state index in [-0.39, 0.29) is 24.9 Å². The Morgan fingerprint density at radius 3 is 2.61 bits per heavy atom. The fourth-order valence-electron chi connectivity index (χ4n) is 3.48. The summed E-state index contributed by atoms with van der Waals surface area (Å²) in [6, 6.07) is 21.4. The number of hydrogen-bond acceptors (Lipinski definition) is 6. The quantitative estimate of drug-likeness (QED) is 0.417. The minimum atomic E-state index is -0.463. The summed E-state index contributed by atoms with van der Waals surface area (Å²) < 4.78 is 6.74. The Kier molecular flexibility index (Phi) is 5.45. The number of hydrogen-bond donors (Lipinski definition) is 2. The molecule has 1 aliphatic rings. The van der Waals surface area contributed by atoms with Crippen LogP contribution in [0.2, 0.25) is 0 Å². The Balaban J connectivity index is 1.34. The molecule has 1 saturated heterocycles. The fourth-order valence-corrected chi connectivity index (χ4v) is 4.37. The number of para-hydroxylation sites is 1. The number of urea groups is 1. The molecule has 2 heterocycles. The fraction of sp³-hybridized carbons (Fsp3) is 0.0833. The normalized spacial score (nSPS) is 13.3. The standard InChI is InChI=1S/C24H18N4O4S/c29-21-13-25-24(31)28(21)14-15-6-4-5-9-18(15)22(30)27-23-26-19-11-10-17(12-20(19)33-23)32-16-7-2-1-3-8-16/h1-12H,13-14H2,(H,25,31)(H,26,27,30). The van der Waals surface area contributed by atoms with Crippen LogP contribution in [0.25, 0.3) is 10.2 Å². The number of ether oxygens (including phenoxy) is 1. The second kappa shape index (κ2) is 8.71. The number of carbonyl (C=O) groups excluding carboxylic acids is 3. The lowest BCUT2D eigenvalue weighted by Crippen LogP contribution is -2.31. The first-order valence-corrected chi connectivity index (χ1v) is 11.0. The molecule has 9 heteroatoms. The van der Waals surface area contributed by atoms with Gasteiger partial charge < -0.3 is 10.1 Å². The van der Waals surface area contributed by atoms with Crippen LogP contribution in [0.1, 0.15) is 15.9 Å². The first-order chi connectivity index (χ1) is 16.1. The van der Waals surface area contributed by atoms with Crippen molar-refractivity contribution < 1.29 is 19.1 Å². The van der Waals surface area contributed by atoms with Crippen LogP contribution in [0.3, 0.4) is 0 Å². The maximum Gasteiger partial charge on any atom is 0.324 e. The largest absolute Gasteiger partial charge is 0.457 e. The van der Waals surface area contributed by atoms with Crippen molar-refractivity contribution in [3.8, 4) is 11.5 Å². The lowest BCUT2D eigenvalue weighted by molar-refractivity contribution is -0.125. The molecule has 0 saturated carbocycles. The number of thiazole rings is 1. The van der Waals surface area contributed by atoms with Crippen molar-refractivity contribution in [2.45, 2.75) is 6.54 Å². The Hall–Kier alpha value is -4.24. The number of amides is 4. The van der Waals surface area contributed by atoms with Gasteiger partial charge in [0, 0.05) is 11.6 Å². The molecular weight excluding hydrogens is 440 g/mol. The number of imide groups is 1. The van der Waals surface area contributed by atoms with E-state index in [9.17, 15) is 14.4 Å². The van der Waals surface area contributed by atoms with E-state index in [1.165, 1.54) is 11.3 Å². The molecule has 1 fully saturated rings. The average molecular weight is 458 g/mol. The molecule has 0 atom stereocenters. The number of nitrogens with zero attached hydrogens (tertiary/aromatic N) is 2. The number of fused-ring (bicyclic) bond motifs is 1. The Bertz CT molecular complexity index is 1350. The molecule has 8 nitrogen and oxygen atoms in total. The van der Waals surface area contributed by atoms with Gasteiger partial charge in [-0.2, -0.15) is 0 Å². The smallest absolute Gasteiger partial charge is 0.324 e. The molecule has 4 amide bonds.